The van der Waals surface area contributed by atoms with Crippen molar-refractivity contribution in [1.82, 2.24) is 5.32 Å². The third-order valence-corrected chi connectivity index (χ3v) is 3.39. The number of carbonyl (C=O) groups is 1. The van der Waals surface area contributed by atoms with Crippen LogP contribution in [0.2, 0.25) is 0 Å². The van der Waals surface area contributed by atoms with Crippen LogP contribution >= 0.6 is 0 Å². The van der Waals surface area contributed by atoms with Crippen LogP contribution in [0.5, 0.6) is 0 Å². The van der Waals surface area contributed by atoms with Gasteiger partial charge in [-0.2, -0.15) is 0 Å². The van der Waals surface area contributed by atoms with Gasteiger partial charge in [-0.25, -0.2) is 0 Å². The molecule has 3 nitrogen and oxygen atoms in total. The fraction of sp³-hybridized carbons (Fsp3) is 0.462. The highest BCUT2D eigenvalue weighted by Gasteiger charge is 2.42. The molecule has 1 atom stereocenters. The molecular weight excluding hydrogens is 200 g/mol. The van der Waals surface area contributed by atoms with Crippen molar-refractivity contribution in [3.05, 3.63) is 35.4 Å². The van der Waals surface area contributed by atoms with Gasteiger partial charge < -0.3 is 11.1 Å². The third-order valence-electron chi connectivity index (χ3n) is 3.39. The molecule has 0 aliphatic heterocycles. The Morgan fingerprint density at radius 3 is 2.62 bits per heavy atom. The zero-order valence-corrected chi connectivity index (χ0v) is 9.79. The third kappa shape index (κ3) is 1.83. The maximum atomic E-state index is 11.7. The zero-order valence-electron chi connectivity index (χ0n) is 9.79. The molecule has 1 aromatic rings. The van der Waals surface area contributed by atoms with E-state index in [0.717, 1.165) is 24.0 Å². The van der Waals surface area contributed by atoms with Crippen molar-refractivity contribution in [1.29, 1.82) is 0 Å². The molecule has 1 amide bonds. The summed E-state index contributed by atoms with van der Waals surface area (Å²) >= 11 is 0. The average Bonchev–Trinajstić information content (AvgIpc) is 3.06. The van der Waals surface area contributed by atoms with E-state index in [0.29, 0.717) is 0 Å². The Bertz CT molecular complexity index is 410. The highest BCUT2D eigenvalue weighted by atomic mass is 16.1. The minimum atomic E-state index is -0.182. The molecule has 0 spiro atoms. The minimum Gasteiger partial charge on any atom is -0.359 e. The topological polar surface area (TPSA) is 55.1 Å². The first-order valence-electron chi connectivity index (χ1n) is 5.68. The SMILES string of the molecule is CNC(=O)C(C)c1ccccc1C1(N)CC1. The lowest BCUT2D eigenvalue weighted by atomic mass is 9.90. The van der Waals surface area contributed by atoms with E-state index in [1.807, 2.05) is 31.2 Å². The van der Waals surface area contributed by atoms with E-state index in [1.165, 1.54) is 0 Å². The summed E-state index contributed by atoms with van der Waals surface area (Å²) in [5.74, 6) is -0.0982. The molecule has 0 bridgehead atoms. The van der Waals surface area contributed by atoms with E-state index < -0.39 is 0 Å². The summed E-state index contributed by atoms with van der Waals surface area (Å²) in [4.78, 5) is 11.7. The molecule has 1 fully saturated rings. The normalized spacial score (nSPS) is 18.9. The number of benzene rings is 1. The molecule has 16 heavy (non-hydrogen) atoms. The van der Waals surface area contributed by atoms with Crippen molar-refractivity contribution in [2.45, 2.75) is 31.2 Å². The number of nitrogens with two attached hydrogens (primary N) is 1. The van der Waals surface area contributed by atoms with Crippen LogP contribution in [0.15, 0.2) is 24.3 Å². The summed E-state index contributed by atoms with van der Waals surface area (Å²) < 4.78 is 0. The molecule has 1 saturated carbocycles. The van der Waals surface area contributed by atoms with Gasteiger partial charge in [0.2, 0.25) is 5.91 Å². The highest BCUT2D eigenvalue weighted by Crippen LogP contribution is 2.45. The predicted molar refractivity (Wildman–Crippen MR) is 64.0 cm³/mol. The first kappa shape index (κ1) is 11.1. The van der Waals surface area contributed by atoms with Crippen molar-refractivity contribution in [3.8, 4) is 0 Å². The second-order valence-corrected chi connectivity index (χ2v) is 4.58. The fourth-order valence-electron chi connectivity index (χ4n) is 2.09. The summed E-state index contributed by atoms with van der Waals surface area (Å²) in [5.41, 5.74) is 8.22. The molecule has 1 aromatic carbocycles. The van der Waals surface area contributed by atoms with Crippen LogP contribution in [-0.2, 0) is 10.3 Å². The molecule has 1 aliphatic rings. The smallest absolute Gasteiger partial charge is 0.227 e. The Balaban J connectivity index is 2.37. The number of hydrogen-bond donors (Lipinski definition) is 2. The zero-order chi connectivity index (χ0) is 11.8. The first-order chi connectivity index (χ1) is 7.58. The Labute approximate surface area is 96.0 Å². The quantitative estimate of drug-likeness (QED) is 0.807. The van der Waals surface area contributed by atoms with Gasteiger partial charge in [0.25, 0.3) is 0 Å². The van der Waals surface area contributed by atoms with Gasteiger partial charge in [0.15, 0.2) is 0 Å². The Kier molecular flexibility index (Phi) is 2.72. The second-order valence-electron chi connectivity index (χ2n) is 4.58. The number of rotatable bonds is 3. The van der Waals surface area contributed by atoms with Crippen molar-refractivity contribution in [2.75, 3.05) is 7.05 Å². The van der Waals surface area contributed by atoms with Gasteiger partial charge in [-0.05, 0) is 30.9 Å². The van der Waals surface area contributed by atoms with Gasteiger partial charge in [-0.1, -0.05) is 24.3 Å². The van der Waals surface area contributed by atoms with Crippen LogP contribution in [0.3, 0.4) is 0 Å². The Morgan fingerprint density at radius 2 is 2.06 bits per heavy atom. The molecule has 2 rings (SSSR count). The molecular formula is C13H18N2O. The molecule has 86 valence electrons. The first-order valence-corrected chi connectivity index (χ1v) is 5.68. The van der Waals surface area contributed by atoms with Crippen molar-refractivity contribution in [2.24, 2.45) is 5.73 Å². The number of amides is 1. The minimum absolute atomic E-state index is 0.0386. The summed E-state index contributed by atoms with van der Waals surface area (Å²) in [6.07, 6.45) is 2.04. The summed E-state index contributed by atoms with van der Waals surface area (Å²) in [6.45, 7) is 1.92. The molecule has 0 saturated heterocycles. The van der Waals surface area contributed by atoms with Crippen LogP contribution < -0.4 is 11.1 Å². The maximum absolute atomic E-state index is 11.7. The van der Waals surface area contributed by atoms with Crippen molar-refractivity contribution >= 4 is 5.91 Å². The summed E-state index contributed by atoms with van der Waals surface area (Å²) in [7, 11) is 1.66. The van der Waals surface area contributed by atoms with E-state index in [9.17, 15) is 4.79 Å². The van der Waals surface area contributed by atoms with E-state index in [2.05, 4.69) is 5.32 Å². The van der Waals surface area contributed by atoms with Gasteiger partial charge in [0.05, 0.1) is 5.92 Å². The number of likely N-dealkylation sites (N-methyl/N-ethyl adjacent to an activating group) is 1. The standard InChI is InChI=1S/C13H18N2O/c1-9(12(16)15-2)10-5-3-4-6-11(10)13(14)7-8-13/h3-6,9H,7-8,14H2,1-2H3,(H,15,16). The summed E-state index contributed by atoms with van der Waals surface area (Å²) in [6, 6.07) is 8.00. The lowest BCUT2D eigenvalue weighted by Crippen LogP contribution is -2.27. The molecule has 1 aliphatic carbocycles. The fourth-order valence-corrected chi connectivity index (χ4v) is 2.09. The molecule has 3 heteroatoms. The monoisotopic (exact) mass is 218 g/mol. The van der Waals surface area contributed by atoms with Crippen LogP contribution in [-0.4, -0.2) is 13.0 Å². The molecule has 3 N–H and O–H groups in total. The van der Waals surface area contributed by atoms with Gasteiger partial charge in [-0.15, -0.1) is 0 Å². The molecule has 0 aromatic heterocycles. The Hall–Kier alpha value is -1.35. The van der Waals surface area contributed by atoms with E-state index >= 15 is 0 Å². The second kappa shape index (κ2) is 3.91. The van der Waals surface area contributed by atoms with Crippen LogP contribution in [0.1, 0.15) is 36.8 Å². The van der Waals surface area contributed by atoms with E-state index in [1.54, 1.807) is 7.05 Å². The lowest BCUT2D eigenvalue weighted by molar-refractivity contribution is -0.121. The number of hydrogen-bond acceptors (Lipinski definition) is 2. The van der Waals surface area contributed by atoms with Crippen LogP contribution in [0, 0.1) is 0 Å². The average molecular weight is 218 g/mol. The highest BCUT2D eigenvalue weighted by molar-refractivity contribution is 5.83. The largest absolute Gasteiger partial charge is 0.359 e. The van der Waals surface area contributed by atoms with Gasteiger partial charge in [0.1, 0.15) is 0 Å². The van der Waals surface area contributed by atoms with Gasteiger partial charge in [0, 0.05) is 12.6 Å². The van der Waals surface area contributed by atoms with Crippen LogP contribution in [0.4, 0.5) is 0 Å². The van der Waals surface area contributed by atoms with Gasteiger partial charge >= 0.3 is 0 Å². The van der Waals surface area contributed by atoms with Gasteiger partial charge in [-0.3, -0.25) is 4.79 Å². The van der Waals surface area contributed by atoms with Crippen molar-refractivity contribution < 1.29 is 4.79 Å². The Morgan fingerprint density at radius 1 is 1.44 bits per heavy atom. The molecule has 0 radical (unpaired) electrons. The maximum Gasteiger partial charge on any atom is 0.227 e. The van der Waals surface area contributed by atoms with E-state index in [-0.39, 0.29) is 17.4 Å². The van der Waals surface area contributed by atoms with Crippen LogP contribution in [0.25, 0.3) is 0 Å². The predicted octanol–water partition coefficient (Wildman–Crippen LogP) is 1.48. The van der Waals surface area contributed by atoms with Crippen molar-refractivity contribution in [3.63, 3.8) is 0 Å². The summed E-state index contributed by atoms with van der Waals surface area (Å²) in [5, 5.41) is 2.68. The molecule has 1 unspecified atom stereocenters. The number of carbonyl (C=O) groups excluding carboxylic acids is 1. The lowest BCUT2D eigenvalue weighted by Gasteiger charge is -2.19. The van der Waals surface area contributed by atoms with E-state index in [4.69, 9.17) is 5.73 Å². The number of nitrogens with one attached hydrogen (secondary N) is 1. The molecule has 0 heterocycles.